The molecule has 0 radical (unpaired) electrons. The molecule has 3 rings (SSSR count). The number of oxazole rings is 1. The third-order valence-electron chi connectivity index (χ3n) is 4.37. The van der Waals surface area contributed by atoms with Gasteiger partial charge in [0.1, 0.15) is 5.76 Å². The Morgan fingerprint density at radius 1 is 1.38 bits per heavy atom. The summed E-state index contributed by atoms with van der Waals surface area (Å²) in [5.74, 6) is 1.31. The Labute approximate surface area is 142 Å². The molecule has 0 aliphatic carbocycles. The van der Waals surface area contributed by atoms with Crippen LogP contribution in [0.25, 0.3) is 0 Å². The first kappa shape index (κ1) is 16.6. The molecule has 128 valence electrons. The SMILES string of the molecule is COC(=O)c1cccc2c1CCCN2Cc1ncc(C(C)(C)C)o1. The molecule has 0 spiro atoms. The van der Waals surface area contributed by atoms with Crippen LogP contribution in [0.5, 0.6) is 0 Å². The van der Waals surface area contributed by atoms with Gasteiger partial charge in [-0.1, -0.05) is 26.8 Å². The van der Waals surface area contributed by atoms with Crippen molar-refractivity contribution in [3.63, 3.8) is 0 Å². The van der Waals surface area contributed by atoms with Crippen molar-refractivity contribution in [2.75, 3.05) is 18.6 Å². The molecule has 1 aliphatic rings. The van der Waals surface area contributed by atoms with Crippen LogP contribution in [0, 0.1) is 0 Å². The van der Waals surface area contributed by atoms with Crippen LogP contribution in [0.15, 0.2) is 28.8 Å². The first-order valence-corrected chi connectivity index (χ1v) is 8.30. The summed E-state index contributed by atoms with van der Waals surface area (Å²) in [6.45, 7) is 7.85. The molecular weight excluding hydrogens is 304 g/mol. The number of nitrogens with zero attached hydrogens (tertiary/aromatic N) is 2. The molecule has 0 unspecified atom stereocenters. The van der Waals surface area contributed by atoms with Crippen LogP contribution in [0.1, 0.15) is 54.8 Å². The first-order chi connectivity index (χ1) is 11.4. The highest BCUT2D eigenvalue weighted by Crippen LogP contribution is 2.32. The fourth-order valence-electron chi connectivity index (χ4n) is 3.06. The number of ether oxygens (including phenoxy) is 1. The van der Waals surface area contributed by atoms with Crippen LogP contribution in [0.4, 0.5) is 5.69 Å². The van der Waals surface area contributed by atoms with Crippen LogP contribution < -0.4 is 4.90 Å². The van der Waals surface area contributed by atoms with E-state index in [9.17, 15) is 4.79 Å². The van der Waals surface area contributed by atoms with E-state index in [0.717, 1.165) is 36.4 Å². The minimum atomic E-state index is -0.278. The van der Waals surface area contributed by atoms with Gasteiger partial charge in [0.25, 0.3) is 0 Å². The summed E-state index contributed by atoms with van der Waals surface area (Å²) in [6, 6.07) is 5.78. The maximum Gasteiger partial charge on any atom is 0.338 e. The van der Waals surface area contributed by atoms with Crippen LogP contribution in [0.3, 0.4) is 0 Å². The molecule has 0 atom stereocenters. The van der Waals surface area contributed by atoms with Crippen molar-refractivity contribution in [3.05, 3.63) is 47.2 Å². The Morgan fingerprint density at radius 3 is 2.83 bits per heavy atom. The van der Waals surface area contributed by atoms with Crippen LogP contribution in [-0.4, -0.2) is 24.6 Å². The number of hydrogen-bond donors (Lipinski definition) is 0. The predicted octanol–water partition coefficient (Wildman–Crippen LogP) is 3.71. The number of esters is 1. The van der Waals surface area contributed by atoms with E-state index in [2.05, 4.69) is 36.7 Å². The maximum absolute atomic E-state index is 12.0. The highest BCUT2D eigenvalue weighted by atomic mass is 16.5. The number of anilines is 1. The van der Waals surface area contributed by atoms with E-state index in [-0.39, 0.29) is 11.4 Å². The normalized spacial score (nSPS) is 14.4. The van der Waals surface area contributed by atoms with Gasteiger partial charge in [-0.15, -0.1) is 0 Å². The average molecular weight is 328 g/mol. The predicted molar refractivity (Wildman–Crippen MR) is 92.4 cm³/mol. The van der Waals surface area contributed by atoms with Crippen molar-refractivity contribution >= 4 is 11.7 Å². The quantitative estimate of drug-likeness (QED) is 0.804. The van der Waals surface area contributed by atoms with Gasteiger partial charge in [-0.3, -0.25) is 0 Å². The zero-order chi connectivity index (χ0) is 17.3. The molecular formula is C19H24N2O3. The number of carbonyl (C=O) groups excluding carboxylic acids is 1. The summed E-state index contributed by atoms with van der Waals surface area (Å²) >= 11 is 0. The minimum absolute atomic E-state index is 0.0525. The average Bonchev–Trinajstić information content (AvgIpc) is 3.03. The number of aromatic nitrogens is 1. The molecule has 1 aromatic heterocycles. The Kier molecular flexibility index (Phi) is 4.35. The van der Waals surface area contributed by atoms with Gasteiger partial charge in [-0.25, -0.2) is 9.78 Å². The largest absolute Gasteiger partial charge is 0.465 e. The summed E-state index contributed by atoms with van der Waals surface area (Å²) in [5.41, 5.74) is 2.73. The molecule has 0 N–H and O–H groups in total. The fraction of sp³-hybridized carbons (Fsp3) is 0.474. The van der Waals surface area contributed by atoms with Gasteiger partial charge < -0.3 is 14.1 Å². The molecule has 1 aliphatic heterocycles. The van der Waals surface area contributed by atoms with Gasteiger partial charge in [0.15, 0.2) is 0 Å². The van der Waals surface area contributed by atoms with Gasteiger partial charge in [-0.2, -0.15) is 0 Å². The van der Waals surface area contributed by atoms with Crippen LogP contribution in [-0.2, 0) is 23.1 Å². The summed E-state index contributed by atoms with van der Waals surface area (Å²) in [6.07, 6.45) is 3.69. The number of carbonyl (C=O) groups is 1. The van der Waals surface area contributed by atoms with Crippen molar-refractivity contribution in [3.8, 4) is 0 Å². The smallest absolute Gasteiger partial charge is 0.338 e. The van der Waals surface area contributed by atoms with Gasteiger partial charge in [0, 0.05) is 17.6 Å². The van der Waals surface area contributed by atoms with Crippen molar-refractivity contribution in [1.82, 2.24) is 4.98 Å². The number of fused-ring (bicyclic) bond motifs is 1. The third kappa shape index (κ3) is 3.16. The Morgan fingerprint density at radius 2 is 2.17 bits per heavy atom. The zero-order valence-electron chi connectivity index (χ0n) is 14.8. The van der Waals surface area contributed by atoms with E-state index in [4.69, 9.17) is 9.15 Å². The molecule has 2 heterocycles. The van der Waals surface area contributed by atoms with E-state index >= 15 is 0 Å². The minimum Gasteiger partial charge on any atom is -0.465 e. The second-order valence-corrected chi connectivity index (χ2v) is 7.19. The van der Waals surface area contributed by atoms with Crippen molar-refractivity contribution in [2.24, 2.45) is 0 Å². The van der Waals surface area contributed by atoms with E-state index in [0.29, 0.717) is 18.0 Å². The van der Waals surface area contributed by atoms with Crippen molar-refractivity contribution in [2.45, 2.75) is 45.6 Å². The molecule has 0 saturated heterocycles. The Hall–Kier alpha value is -2.30. The lowest BCUT2D eigenvalue weighted by molar-refractivity contribution is 0.0599. The molecule has 0 saturated carbocycles. The molecule has 0 amide bonds. The second-order valence-electron chi connectivity index (χ2n) is 7.19. The van der Waals surface area contributed by atoms with E-state index < -0.39 is 0 Å². The maximum atomic E-state index is 12.0. The van der Waals surface area contributed by atoms with E-state index in [1.807, 2.05) is 18.3 Å². The molecule has 1 aromatic carbocycles. The Balaban J connectivity index is 1.88. The van der Waals surface area contributed by atoms with Gasteiger partial charge in [0.05, 0.1) is 25.4 Å². The standard InChI is InChI=1S/C19H24N2O3/c1-19(2,3)16-11-20-17(24-16)12-21-10-6-8-13-14(18(22)23-4)7-5-9-15(13)21/h5,7,9,11H,6,8,10,12H2,1-4H3. The number of hydrogen-bond acceptors (Lipinski definition) is 5. The lowest BCUT2D eigenvalue weighted by Gasteiger charge is -2.31. The van der Waals surface area contributed by atoms with Gasteiger partial charge in [0.2, 0.25) is 5.89 Å². The molecule has 0 fully saturated rings. The monoisotopic (exact) mass is 328 g/mol. The molecule has 2 aromatic rings. The highest BCUT2D eigenvalue weighted by Gasteiger charge is 2.25. The number of methoxy groups -OCH3 is 1. The fourth-order valence-corrected chi connectivity index (χ4v) is 3.06. The zero-order valence-corrected chi connectivity index (χ0v) is 14.8. The van der Waals surface area contributed by atoms with E-state index in [1.54, 1.807) is 0 Å². The third-order valence-corrected chi connectivity index (χ3v) is 4.37. The van der Waals surface area contributed by atoms with Crippen LogP contribution >= 0.6 is 0 Å². The highest BCUT2D eigenvalue weighted by molar-refractivity contribution is 5.93. The lowest BCUT2D eigenvalue weighted by Crippen LogP contribution is -2.30. The number of rotatable bonds is 3. The van der Waals surface area contributed by atoms with Gasteiger partial charge in [-0.05, 0) is 30.5 Å². The summed E-state index contributed by atoms with van der Waals surface area (Å²) in [7, 11) is 1.42. The number of benzene rings is 1. The van der Waals surface area contributed by atoms with E-state index in [1.165, 1.54) is 7.11 Å². The topological polar surface area (TPSA) is 55.6 Å². The van der Waals surface area contributed by atoms with Crippen molar-refractivity contribution in [1.29, 1.82) is 0 Å². The second kappa shape index (κ2) is 6.30. The van der Waals surface area contributed by atoms with Gasteiger partial charge >= 0.3 is 5.97 Å². The summed E-state index contributed by atoms with van der Waals surface area (Å²) in [4.78, 5) is 18.6. The summed E-state index contributed by atoms with van der Waals surface area (Å²) < 4.78 is 10.8. The van der Waals surface area contributed by atoms with Crippen LogP contribution in [0.2, 0.25) is 0 Å². The molecule has 24 heavy (non-hydrogen) atoms. The molecule has 5 heteroatoms. The Bertz CT molecular complexity index is 743. The lowest BCUT2D eigenvalue weighted by atomic mass is 9.94. The summed E-state index contributed by atoms with van der Waals surface area (Å²) in [5, 5.41) is 0. The molecule has 5 nitrogen and oxygen atoms in total. The first-order valence-electron chi connectivity index (χ1n) is 8.30. The van der Waals surface area contributed by atoms with Crippen molar-refractivity contribution < 1.29 is 13.9 Å². The molecule has 0 bridgehead atoms.